The first-order valence-electron chi connectivity index (χ1n) is 7.78. The Bertz CT molecular complexity index is 679. The van der Waals surface area contributed by atoms with Crippen molar-refractivity contribution < 1.29 is 4.79 Å². The van der Waals surface area contributed by atoms with Crippen LogP contribution in [-0.4, -0.2) is 40.8 Å². The molecule has 0 bridgehead atoms. The first-order chi connectivity index (χ1) is 11.1. The summed E-state index contributed by atoms with van der Waals surface area (Å²) in [4.78, 5) is 14.2. The number of hydrogen-bond donors (Lipinski definition) is 2. The van der Waals surface area contributed by atoms with Crippen molar-refractivity contribution in [2.24, 2.45) is 0 Å². The van der Waals surface area contributed by atoms with Gasteiger partial charge in [0.1, 0.15) is 12.4 Å². The Morgan fingerprint density at radius 1 is 1.39 bits per heavy atom. The van der Waals surface area contributed by atoms with Gasteiger partial charge in [0.25, 0.3) is 0 Å². The number of H-pyrrole nitrogens is 1. The number of nitrogens with zero attached hydrogens (tertiary/aromatic N) is 3. The van der Waals surface area contributed by atoms with E-state index in [2.05, 4.69) is 27.3 Å². The second-order valence-electron chi connectivity index (χ2n) is 5.39. The second-order valence-corrected chi connectivity index (χ2v) is 5.77. The van der Waals surface area contributed by atoms with Crippen LogP contribution in [-0.2, 0) is 17.8 Å². The van der Waals surface area contributed by atoms with Gasteiger partial charge in [-0.15, -0.1) is 0 Å². The van der Waals surface area contributed by atoms with E-state index in [1.807, 2.05) is 37.4 Å². The van der Waals surface area contributed by atoms with E-state index in [-0.39, 0.29) is 12.5 Å². The number of nitrogens with one attached hydrogen (secondary N) is 2. The third-order valence-electron chi connectivity index (χ3n) is 3.58. The molecule has 0 saturated heterocycles. The van der Waals surface area contributed by atoms with Crippen LogP contribution < -0.4 is 10.2 Å². The van der Waals surface area contributed by atoms with Gasteiger partial charge in [-0.1, -0.05) is 25.1 Å². The maximum atomic E-state index is 12.1. The van der Waals surface area contributed by atoms with Gasteiger partial charge in [-0.2, -0.15) is 5.10 Å². The minimum atomic E-state index is -0.0543. The molecule has 23 heavy (non-hydrogen) atoms. The molecule has 0 aliphatic heterocycles. The van der Waals surface area contributed by atoms with E-state index in [1.54, 1.807) is 4.57 Å². The molecule has 0 aliphatic rings. The van der Waals surface area contributed by atoms with Crippen molar-refractivity contribution in [1.29, 1.82) is 0 Å². The Morgan fingerprint density at radius 2 is 2.13 bits per heavy atom. The SMILES string of the molecule is CCCc1n[nH]c(=S)n1CC(=O)NCCN(C)c1ccccc1. The molecule has 1 aromatic carbocycles. The minimum absolute atomic E-state index is 0.0543. The lowest BCUT2D eigenvalue weighted by Gasteiger charge is -2.19. The number of aryl methyl sites for hydroxylation is 1. The first kappa shape index (κ1) is 17.2. The van der Waals surface area contributed by atoms with Crippen molar-refractivity contribution in [3.63, 3.8) is 0 Å². The molecule has 2 N–H and O–H groups in total. The molecule has 0 radical (unpaired) electrons. The monoisotopic (exact) mass is 333 g/mol. The number of para-hydroxylation sites is 1. The molecule has 1 amide bonds. The molecule has 7 heteroatoms. The van der Waals surface area contributed by atoms with Crippen LogP contribution >= 0.6 is 12.2 Å². The number of benzene rings is 1. The molecule has 0 aliphatic carbocycles. The van der Waals surface area contributed by atoms with Gasteiger partial charge < -0.3 is 10.2 Å². The lowest BCUT2D eigenvalue weighted by molar-refractivity contribution is -0.121. The number of hydrogen-bond acceptors (Lipinski definition) is 4. The summed E-state index contributed by atoms with van der Waals surface area (Å²) in [6.07, 6.45) is 1.76. The van der Waals surface area contributed by atoms with Crippen molar-refractivity contribution in [3.8, 4) is 0 Å². The molecular weight excluding hydrogens is 310 g/mol. The average molecular weight is 333 g/mol. The molecule has 0 unspecified atom stereocenters. The number of anilines is 1. The Kier molecular flexibility index (Phi) is 6.34. The van der Waals surface area contributed by atoms with E-state index in [0.29, 0.717) is 11.3 Å². The summed E-state index contributed by atoms with van der Waals surface area (Å²) in [5.41, 5.74) is 1.13. The zero-order chi connectivity index (χ0) is 16.7. The van der Waals surface area contributed by atoms with E-state index in [0.717, 1.165) is 30.9 Å². The van der Waals surface area contributed by atoms with Crippen LogP contribution in [0.5, 0.6) is 0 Å². The number of aromatic nitrogens is 3. The summed E-state index contributed by atoms with van der Waals surface area (Å²) in [6, 6.07) is 10.1. The Morgan fingerprint density at radius 3 is 2.83 bits per heavy atom. The van der Waals surface area contributed by atoms with Gasteiger partial charge in [0.15, 0.2) is 4.77 Å². The molecule has 0 atom stereocenters. The van der Waals surface area contributed by atoms with Gasteiger partial charge in [-0.25, -0.2) is 0 Å². The van der Waals surface area contributed by atoms with E-state index >= 15 is 0 Å². The number of rotatable bonds is 8. The first-order valence-corrected chi connectivity index (χ1v) is 8.19. The van der Waals surface area contributed by atoms with Crippen LogP contribution in [0.25, 0.3) is 0 Å². The van der Waals surface area contributed by atoms with Crippen LogP contribution in [0.4, 0.5) is 5.69 Å². The van der Waals surface area contributed by atoms with Gasteiger partial charge in [-0.3, -0.25) is 14.5 Å². The van der Waals surface area contributed by atoms with Gasteiger partial charge >= 0.3 is 0 Å². The normalized spacial score (nSPS) is 10.5. The fourth-order valence-electron chi connectivity index (χ4n) is 2.30. The maximum Gasteiger partial charge on any atom is 0.240 e. The molecule has 2 aromatic rings. The summed E-state index contributed by atoms with van der Waals surface area (Å²) in [5.74, 6) is 0.773. The van der Waals surface area contributed by atoms with Crippen LogP contribution in [0.2, 0.25) is 0 Å². The molecule has 1 heterocycles. The maximum absolute atomic E-state index is 12.1. The Hall–Kier alpha value is -2.15. The molecule has 0 fully saturated rings. The molecule has 124 valence electrons. The second kappa shape index (κ2) is 8.47. The van der Waals surface area contributed by atoms with E-state index in [1.165, 1.54) is 0 Å². The van der Waals surface area contributed by atoms with Crippen molar-refractivity contribution >= 4 is 23.8 Å². The molecule has 6 nitrogen and oxygen atoms in total. The van der Waals surface area contributed by atoms with Crippen molar-refractivity contribution in [3.05, 3.63) is 40.9 Å². The van der Waals surface area contributed by atoms with Gasteiger partial charge in [-0.05, 0) is 30.8 Å². The number of likely N-dealkylation sites (N-methyl/N-ethyl adjacent to an activating group) is 1. The van der Waals surface area contributed by atoms with Gasteiger partial charge in [0.05, 0.1) is 0 Å². The lowest BCUT2D eigenvalue weighted by Crippen LogP contribution is -2.35. The van der Waals surface area contributed by atoms with Crippen molar-refractivity contribution in [2.45, 2.75) is 26.3 Å². The fraction of sp³-hybridized carbons (Fsp3) is 0.438. The standard InChI is InChI=1S/C16H23N5OS/c1-3-7-14-18-19-16(23)21(14)12-15(22)17-10-11-20(2)13-8-5-4-6-9-13/h4-6,8-9H,3,7,10-12H2,1-2H3,(H,17,22)(H,19,23). The fourth-order valence-corrected chi connectivity index (χ4v) is 2.52. The van der Waals surface area contributed by atoms with Crippen LogP contribution in [0.15, 0.2) is 30.3 Å². The molecule has 0 spiro atoms. The topological polar surface area (TPSA) is 66.0 Å². The zero-order valence-corrected chi connectivity index (χ0v) is 14.4. The van der Waals surface area contributed by atoms with E-state index in [9.17, 15) is 4.79 Å². The predicted molar refractivity (Wildman–Crippen MR) is 94.1 cm³/mol. The smallest absolute Gasteiger partial charge is 0.240 e. The third-order valence-corrected chi connectivity index (χ3v) is 3.89. The summed E-state index contributed by atoms with van der Waals surface area (Å²) in [5, 5.41) is 9.84. The minimum Gasteiger partial charge on any atom is -0.373 e. The summed E-state index contributed by atoms with van der Waals surface area (Å²) < 4.78 is 2.25. The average Bonchev–Trinajstić information content (AvgIpc) is 2.89. The predicted octanol–water partition coefficient (Wildman–Crippen LogP) is 2.15. The van der Waals surface area contributed by atoms with Gasteiger partial charge in [0, 0.05) is 32.2 Å². The van der Waals surface area contributed by atoms with Gasteiger partial charge in [0.2, 0.25) is 5.91 Å². The zero-order valence-electron chi connectivity index (χ0n) is 13.6. The molecule has 1 aromatic heterocycles. The number of carbonyl (C=O) groups is 1. The van der Waals surface area contributed by atoms with Crippen LogP contribution in [0.1, 0.15) is 19.2 Å². The largest absolute Gasteiger partial charge is 0.373 e. The summed E-state index contributed by atoms with van der Waals surface area (Å²) in [7, 11) is 2.01. The molecular formula is C16H23N5OS. The summed E-state index contributed by atoms with van der Waals surface area (Å²) >= 11 is 5.18. The highest BCUT2D eigenvalue weighted by atomic mass is 32.1. The molecule has 0 saturated carbocycles. The Labute approximate surface area is 141 Å². The van der Waals surface area contributed by atoms with Crippen LogP contribution in [0.3, 0.4) is 0 Å². The van der Waals surface area contributed by atoms with Crippen molar-refractivity contribution in [1.82, 2.24) is 20.1 Å². The quantitative estimate of drug-likeness (QED) is 0.727. The highest BCUT2D eigenvalue weighted by Gasteiger charge is 2.10. The third kappa shape index (κ3) is 4.92. The van der Waals surface area contributed by atoms with E-state index < -0.39 is 0 Å². The Balaban J connectivity index is 1.82. The molecule has 2 rings (SSSR count). The number of aromatic amines is 1. The highest BCUT2D eigenvalue weighted by Crippen LogP contribution is 2.09. The summed E-state index contributed by atoms with van der Waals surface area (Å²) in [6.45, 7) is 3.61. The highest BCUT2D eigenvalue weighted by molar-refractivity contribution is 7.71. The van der Waals surface area contributed by atoms with Crippen molar-refractivity contribution in [2.75, 3.05) is 25.0 Å². The lowest BCUT2D eigenvalue weighted by atomic mass is 10.3. The number of carbonyl (C=O) groups excluding carboxylic acids is 1. The van der Waals surface area contributed by atoms with E-state index in [4.69, 9.17) is 12.2 Å². The van der Waals surface area contributed by atoms with Crippen LogP contribution in [0, 0.1) is 4.77 Å². The number of amides is 1.